The summed E-state index contributed by atoms with van der Waals surface area (Å²) in [6, 6.07) is 22.5. The molecule has 0 saturated carbocycles. The van der Waals surface area contributed by atoms with Crippen molar-refractivity contribution in [2.45, 2.75) is 79.1 Å². The van der Waals surface area contributed by atoms with Crippen LogP contribution in [-0.4, -0.2) is 23.6 Å². The molecule has 9 rings (SSSR count). The normalized spacial score (nSPS) is 14.6. The summed E-state index contributed by atoms with van der Waals surface area (Å²) in [6.07, 6.45) is 0. The van der Waals surface area contributed by atoms with Crippen LogP contribution < -0.4 is 9.80 Å². The Bertz CT molecular complexity index is 2690. The van der Waals surface area contributed by atoms with Gasteiger partial charge < -0.3 is 0 Å². The SMILES string of the molecule is CC(C)c1cccc(C(C)C)c1N1C(=O)c2ccc3c4ccc5c6c(cc(Cl)c(c7c(Cl)cc(c2c37)C1=O)c64)C(=O)N(c1c(C(C)C)cccc1C(C)C)C5=O. The van der Waals surface area contributed by atoms with E-state index in [2.05, 4.69) is 55.4 Å². The zero-order valence-corrected chi connectivity index (χ0v) is 34.0. The van der Waals surface area contributed by atoms with Crippen LogP contribution in [0.2, 0.25) is 10.0 Å². The minimum atomic E-state index is -0.441. The van der Waals surface area contributed by atoms with E-state index in [9.17, 15) is 19.2 Å². The van der Waals surface area contributed by atoms with Crippen LogP contribution in [0.15, 0.2) is 72.8 Å². The number of hydrogen-bond acceptors (Lipinski definition) is 4. The summed E-state index contributed by atoms with van der Waals surface area (Å²) in [5.74, 6) is -1.47. The number of carbonyl (C=O) groups is 4. The molecular formula is C48H40Cl2N2O4. The van der Waals surface area contributed by atoms with Crippen LogP contribution in [0, 0.1) is 0 Å². The van der Waals surface area contributed by atoms with E-state index in [1.54, 1.807) is 24.3 Å². The van der Waals surface area contributed by atoms with Gasteiger partial charge >= 0.3 is 0 Å². The van der Waals surface area contributed by atoms with Gasteiger partial charge in [0.1, 0.15) is 0 Å². The standard InChI is InChI=1S/C48H40Cl2N2O4/c1-21(2)25-11-9-12-26(22(3)4)43(25)51-45(53)31-17-15-29-30-16-18-32-38-34(48(56)52(46(32)54)44-27(23(5)6)13-10-14-28(44)24(7)8)20-36(50)42(40(30)38)41-35(49)19-33(47(51)55)37(31)39(29)41/h9-24H,1-8H3. The Morgan fingerprint density at radius 1 is 0.393 bits per heavy atom. The van der Waals surface area contributed by atoms with Gasteiger partial charge in [0.2, 0.25) is 0 Å². The molecule has 7 aromatic rings. The van der Waals surface area contributed by atoms with Gasteiger partial charge in [-0.05, 0) is 81.0 Å². The van der Waals surface area contributed by atoms with E-state index >= 15 is 0 Å². The third-order valence-electron chi connectivity index (χ3n) is 11.9. The van der Waals surface area contributed by atoms with Crippen LogP contribution in [0.25, 0.3) is 43.1 Å². The lowest BCUT2D eigenvalue weighted by Crippen LogP contribution is -2.42. The Kier molecular flexibility index (Phi) is 8.18. The summed E-state index contributed by atoms with van der Waals surface area (Å²) in [5, 5.41) is 5.50. The number of fused-ring (bicyclic) bond motifs is 2. The fourth-order valence-electron chi connectivity index (χ4n) is 9.31. The van der Waals surface area contributed by atoms with Crippen molar-refractivity contribution in [3.8, 4) is 0 Å². The number of imide groups is 2. The molecule has 0 atom stereocenters. The second kappa shape index (κ2) is 12.6. The minimum absolute atomic E-state index is 0.0541. The fourth-order valence-corrected chi connectivity index (χ4v) is 9.91. The molecule has 6 nitrogen and oxygen atoms in total. The second-order valence-corrected chi connectivity index (χ2v) is 17.3. The maximum absolute atomic E-state index is 14.8. The average molecular weight is 780 g/mol. The Morgan fingerprint density at radius 2 is 0.696 bits per heavy atom. The fraction of sp³-hybridized carbons (Fsp3) is 0.250. The van der Waals surface area contributed by atoms with Gasteiger partial charge in [0.05, 0.1) is 22.5 Å². The molecule has 0 fully saturated rings. The van der Waals surface area contributed by atoms with E-state index in [-0.39, 0.29) is 33.7 Å². The van der Waals surface area contributed by atoms with Crippen molar-refractivity contribution in [1.29, 1.82) is 0 Å². The van der Waals surface area contributed by atoms with Crippen LogP contribution in [0.3, 0.4) is 0 Å². The Hall–Kier alpha value is -5.30. The lowest BCUT2D eigenvalue weighted by molar-refractivity contribution is 0.0877. The van der Waals surface area contributed by atoms with Gasteiger partial charge in [-0.2, -0.15) is 0 Å². The van der Waals surface area contributed by atoms with Crippen LogP contribution in [0.4, 0.5) is 11.4 Å². The molecule has 0 aromatic heterocycles. The second-order valence-electron chi connectivity index (χ2n) is 16.5. The molecule has 2 heterocycles. The summed E-state index contributed by atoms with van der Waals surface area (Å²) >= 11 is 14.6. The molecule has 56 heavy (non-hydrogen) atoms. The van der Waals surface area contributed by atoms with E-state index in [1.807, 2.05) is 48.5 Å². The molecule has 0 spiro atoms. The molecule has 0 saturated heterocycles. The van der Waals surface area contributed by atoms with Crippen molar-refractivity contribution in [2.75, 3.05) is 9.80 Å². The molecule has 8 heteroatoms. The molecule has 0 bridgehead atoms. The van der Waals surface area contributed by atoms with Crippen LogP contribution in [0.5, 0.6) is 0 Å². The van der Waals surface area contributed by atoms with Gasteiger partial charge in [0.25, 0.3) is 23.6 Å². The number of halogens is 2. The third-order valence-corrected chi connectivity index (χ3v) is 12.5. The largest absolute Gasteiger partial charge is 0.268 e. The molecule has 4 amide bonds. The van der Waals surface area contributed by atoms with E-state index in [0.717, 1.165) is 33.0 Å². The zero-order chi connectivity index (χ0) is 39.8. The molecule has 0 radical (unpaired) electrons. The van der Waals surface area contributed by atoms with Crippen molar-refractivity contribution in [2.24, 2.45) is 0 Å². The van der Waals surface area contributed by atoms with Crippen molar-refractivity contribution in [3.63, 3.8) is 0 Å². The van der Waals surface area contributed by atoms with E-state index in [1.165, 1.54) is 9.80 Å². The number of hydrogen-bond donors (Lipinski definition) is 0. The van der Waals surface area contributed by atoms with Crippen molar-refractivity contribution < 1.29 is 19.2 Å². The smallest absolute Gasteiger partial charge is 0.266 e. The van der Waals surface area contributed by atoms with Crippen molar-refractivity contribution >= 4 is 101 Å². The van der Waals surface area contributed by atoms with Gasteiger partial charge in [-0.15, -0.1) is 0 Å². The van der Waals surface area contributed by atoms with E-state index in [0.29, 0.717) is 65.9 Å². The Balaban J connectivity index is 1.33. The number of para-hydroxylation sites is 2. The van der Waals surface area contributed by atoms with Crippen LogP contribution >= 0.6 is 23.2 Å². The Morgan fingerprint density at radius 3 is 1.00 bits per heavy atom. The molecule has 0 unspecified atom stereocenters. The first-order valence-electron chi connectivity index (χ1n) is 19.3. The van der Waals surface area contributed by atoms with Crippen molar-refractivity contribution in [1.82, 2.24) is 0 Å². The topological polar surface area (TPSA) is 74.8 Å². The predicted octanol–water partition coefficient (Wildman–Crippen LogP) is 13.1. The summed E-state index contributed by atoms with van der Waals surface area (Å²) in [7, 11) is 0. The first-order chi connectivity index (χ1) is 26.6. The first kappa shape index (κ1) is 36.3. The lowest BCUT2D eigenvalue weighted by Gasteiger charge is -2.34. The molecule has 2 aliphatic rings. The van der Waals surface area contributed by atoms with Gasteiger partial charge in [-0.3, -0.25) is 19.2 Å². The highest BCUT2D eigenvalue weighted by Crippen LogP contribution is 2.52. The molecule has 280 valence electrons. The van der Waals surface area contributed by atoms with Gasteiger partial charge in [0.15, 0.2) is 0 Å². The van der Waals surface area contributed by atoms with Gasteiger partial charge in [0, 0.05) is 53.5 Å². The van der Waals surface area contributed by atoms with E-state index < -0.39 is 23.6 Å². The highest BCUT2D eigenvalue weighted by molar-refractivity contribution is 6.53. The zero-order valence-electron chi connectivity index (χ0n) is 32.5. The predicted molar refractivity (Wildman–Crippen MR) is 229 cm³/mol. The maximum atomic E-state index is 14.8. The van der Waals surface area contributed by atoms with Crippen LogP contribution in [0.1, 0.15) is 143 Å². The average Bonchev–Trinajstić information content (AvgIpc) is 3.16. The summed E-state index contributed by atoms with van der Waals surface area (Å²) in [6.45, 7) is 16.5. The monoisotopic (exact) mass is 778 g/mol. The highest BCUT2D eigenvalue weighted by Gasteiger charge is 2.41. The molecule has 2 aliphatic heterocycles. The summed E-state index contributed by atoms with van der Waals surface area (Å²) in [5.41, 5.74) is 6.32. The van der Waals surface area contributed by atoms with Crippen molar-refractivity contribution in [3.05, 3.63) is 127 Å². The quantitative estimate of drug-likeness (QED) is 0.0957. The van der Waals surface area contributed by atoms with Gasteiger partial charge in [-0.1, -0.05) is 127 Å². The third kappa shape index (κ3) is 4.75. The summed E-state index contributed by atoms with van der Waals surface area (Å²) in [4.78, 5) is 61.7. The number of benzene rings is 7. The minimum Gasteiger partial charge on any atom is -0.268 e. The van der Waals surface area contributed by atoms with Crippen LogP contribution in [-0.2, 0) is 0 Å². The number of rotatable bonds is 6. The number of anilines is 2. The van der Waals surface area contributed by atoms with Gasteiger partial charge in [-0.25, -0.2) is 9.80 Å². The summed E-state index contributed by atoms with van der Waals surface area (Å²) < 4.78 is 0. The maximum Gasteiger partial charge on any atom is 0.266 e. The Labute approximate surface area is 335 Å². The number of nitrogens with zero attached hydrogens (tertiary/aromatic N) is 2. The lowest BCUT2D eigenvalue weighted by atomic mass is 9.81. The number of amides is 4. The molecule has 7 aromatic carbocycles. The number of carbonyl (C=O) groups excluding carboxylic acids is 4. The first-order valence-corrected chi connectivity index (χ1v) is 20.0. The highest BCUT2D eigenvalue weighted by atomic mass is 35.5. The molecule has 0 N–H and O–H groups in total. The van der Waals surface area contributed by atoms with E-state index in [4.69, 9.17) is 23.2 Å². The molecule has 0 aliphatic carbocycles. The molecular weight excluding hydrogens is 739 g/mol.